The molecule has 7 nitrogen and oxygen atoms in total. The van der Waals surface area contributed by atoms with Crippen molar-refractivity contribution < 1.29 is 19.1 Å². The van der Waals surface area contributed by atoms with Crippen LogP contribution < -0.4 is 10.2 Å². The molecule has 2 rings (SSSR count). The van der Waals surface area contributed by atoms with Gasteiger partial charge in [0.15, 0.2) is 0 Å². The molecule has 0 radical (unpaired) electrons. The minimum Gasteiger partial charge on any atom is -0.465 e. The fourth-order valence-corrected chi connectivity index (χ4v) is 2.96. The number of esters is 1. The number of carbonyl (C=O) groups excluding carboxylic acids is 2. The van der Waals surface area contributed by atoms with E-state index < -0.39 is 17.7 Å². The first-order chi connectivity index (χ1) is 11.7. The number of para-hydroxylation sites is 1. The second-order valence-corrected chi connectivity index (χ2v) is 7.16. The molecule has 0 aliphatic heterocycles. The summed E-state index contributed by atoms with van der Waals surface area (Å²) < 4.78 is 11.5. The van der Waals surface area contributed by atoms with E-state index >= 15 is 0 Å². The van der Waals surface area contributed by atoms with Crippen molar-refractivity contribution in [3.63, 3.8) is 0 Å². The highest BCUT2D eigenvalue weighted by atomic mass is 32.1. The molecule has 0 fully saturated rings. The van der Waals surface area contributed by atoms with Crippen LogP contribution in [0.15, 0.2) is 35.3 Å². The zero-order valence-electron chi connectivity index (χ0n) is 14.8. The molecule has 2 aromatic rings. The van der Waals surface area contributed by atoms with Crippen molar-refractivity contribution in [2.75, 3.05) is 12.5 Å². The van der Waals surface area contributed by atoms with Crippen LogP contribution in [0.1, 0.15) is 36.1 Å². The number of methoxy groups -OCH3 is 1. The van der Waals surface area contributed by atoms with Crippen molar-refractivity contribution in [3.05, 3.63) is 45.7 Å². The highest BCUT2D eigenvalue weighted by molar-refractivity contribution is 7.11. The van der Waals surface area contributed by atoms with E-state index in [0.29, 0.717) is 21.1 Å². The first-order valence-electron chi connectivity index (χ1n) is 7.62. The number of carbonyl (C=O) groups is 2. The van der Waals surface area contributed by atoms with Crippen LogP contribution >= 0.6 is 11.3 Å². The van der Waals surface area contributed by atoms with Gasteiger partial charge < -0.3 is 9.47 Å². The molecule has 1 amide bonds. The Labute approximate surface area is 149 Å². The third-order valence-electron chi connectivity index (χ3n) is 3.00. The lowest BCUT2D eigenvalue weighted by molar-refractivity contribution is 0.0591. The van der Waals surface area contributed by atoms with Gasteiger partial charge in [-0.2, -0.15) is 0 Å². The molecule has 1 N–H and O–H groups in total. The standard InChI is InChI=1S/C17H21N3O4S/c1-11-13(14(21)23-5)25-15(18-12-9-7-6-8-10-12)20(11)19-16(22)24-17(2,3)4/h6-10H,1-5H3,(H,19,22). The maximum Gasteiger partial charge on any atom is 0.427 e. The Morgan fingerprint density at radius 3 is 2.40 bits per heavy atom. The third kappa shape index (κ3) is 4.93. The normalized spacial score (nSPS) is 12.0. The van der Waals surface area contributed by atoms with E-state index in [-0.39, 0.29) is 0 Å². The number of nitrogens with zero attached hydrogens (tertiary/aromatic N) is 2. The van der Waals surface area contributed by atoms with E-state index in [1.807, 2.05) is 30.3 Å². The molecular weight excluding hydrogens is 342 g/mol. The van der Waals surface area contributed by atoms with Gasteiger partial charge in [0, 0.05) is 0 Å². The molecule has 0 atom stereocenters. The Balaban J connectivity index is 2.49. The molecule has 25 heavy (non-hydrogen) atoms. The lowest BCUT2D eigenvalue weighted by Gasteiger charge is -2.20. The molecule has 1 aromatic carbocycles. The van der Waals surface area contributed by atoms with Gasteiger partial charge in [-0.1, -0.05) is 29.5 Å². The summed E-state index contributed by atoms with van der Waals surface area (Å²) in [7, 11) is 1.31. The van der Waals surface area contributed by atoms with Crippen LogP contribution in [0.25, 0.3) is 0 Å². The summed E-state index contributed by atoms with van der Waals surface area (Å²) in [5.74, 6) is -0.489. The van der Waals surface area contributed by atoms with Crippen LogP contribution in [0.3, 0.4) is 0 Å². The number of ether oxygens (including phenoxy) is 2. The Bertz CT molecular complexity index is 832. The Morgan fingerprint density at radius 2 is 1.84 bits per heavy atom. The number of hydrogen-bond donors (Lipinski definition) is 1. The van der Waals surface area contributed by atoms with Crippen molar-refractivity contribution in [2.45, 2.75) is 33.3 Å². The molecule has 1 heterocycles. The van der Waals surface area contributed by atoms with Gasteiger partial charge in [-0.3, -0.25) is 0 Å². The fraction of sp³-hybridized carbons (Fsp3) is 0.353. The van der Waals surface area contributed by atoms with Crippen LogP contribution in [0.4, 0.5) is 10.5 Å². The number of amides is 1. The van der Waals surface area contributed by atoms with Gasteiger partial charge in [-0.05, 0) is 39.8 Å². The smallest absolute Gasteiger partial charge is 0.427 e. The summed E-state index contributed by atoms with van der Waals surface area (Å²) >= 11 is 1.13. The van der Waals surface area contributed by atoms with Crippen LogP contribution in [-0.4, -0.2) is 29.4 Å². The van der Waals surface area contributed by atoms with E-state index in [9.17, 15) is 9.59 Å². The van der Waals surface area contributed by atoms with Crippen LogP contribution in [0.5, 0.6) is 0 Å². The fourth-order valence-electron chi connectivity index (χ4n) is 1.95. The van der Waals surface area contributed by atoms with Gasteiger partial charge in [0.2, 0.25) is 4.80 Å². The molecule has 0 aliphatic carbocycles. The number of rotatable bonds is 3. The number of thiazole rings is 1. The Hall–Kier alpha value is -2.61. The molecular formula is C17H21N3O4S. The quantitative estimate of drug-likeness (QED) is 0.848. The topological polar surface area (TPSA) is 81.9 Å². The summed E-state index contributed by atoms with van der Waals surface area (Å²) in [5.41, 5.74) is 3.18. The Morgan fingerprint density at radius 1 is 1.20 bits per heavy atom. The summed E-state index contributed by atoms with van der Waals surface area (Å²) in [5, 5.41) is 0. The van der Waals surface area contributed by atoms with E-state index in [2.05, 4.69) is 10.4 Å². The van der Waals surface area contributed by atoms with Gasteiger partial charge >= 0.3 is 12.1 Å². The van der Waals surface area contributed by atoms with Gasteiger partial charge in [-0.25, -0.2) is 24.7 Å². The van der Waals surface area contributed by atoms with Gasteiger partial charge in [0.25, 0.3) is 0 Å². The molecule has 0 bridgehead atoms. The summed E-state index contributed by atoms with van der Waals surface area (Å²) in [6, 6.07) is 9.24. The Kier molecular flexibility index (Phi) is 5.63. The van der Waals surface area contributed by atoms with Crippen molar-refractivity contribution in [1.29, 1.82) is 0 Å². The molecule has 0 saturated carbocycles. The van der Waals surface area contributed by atoms with Crippen LogP contribution in [0.2, 0.25) is 0 Å². The molecule has 0 aliphatic rings. The minimum atomic E-state index is -0.642. The predicted molar refractivity (Wildman–Crippen MR) is 95.6 cm³/mol. The summed E-state index contributed by atoms with van der Waals surface area (Å²) in [4.78, 5) is 29.4. The second-order valence-electron chi connectivity index (χ2n) is 6.19. The second kappa shape index (κ2) is 7.52. The lowest BCUT2D eigenvalue weighted by Crippen LogP contribution is -2.36. The largest absolute Gasteiger partial charge is 0.465 e. The number of nitrogens with one attached hydrogen (secondary N) is 1. The lowest BCUT2D eigenvalue weighted by atomic mass is 10.2. The molecule has 1 aromatic heterocycles. The van der Waals surface area contributed by atoms with Crippen molar-refractivity contribution in [1.82, 2.24) is 4.68 Å². The van der Waals surface area contributed by atoms with Crippen molar-refractivity contribution in [2.24, 2.45) is 4.99 Å². The predicted octanol–water partition coefficient (Wildman–Crippen LogP) is 3.36. The van der Waals surface area contributed by atoms with E-state index in [1.54, 1.807) is 27.7 Å². The monoisotopic (exact) mass is 363 g/mol. The average Bonchev–Trinajstić information content (AvgIpc) is 2.82. The summed E-state index contributed by atoms with van der Waals surface area (Å²) in [6.07, 6.45) is -0.640. The number of benzene rings is 1. The van der Waals surface area contributed by atoms with Gasteiger partial charge in [-0.15, -0.1) is 0 Å². The van der Waals surface area contributed by atoms with Gasteiger partial charge in [0.05, 0.1) is 18.5 Å². The van der Waals surface area contributed by atoms with Crippen LogP contribution in [0, 0.1) is 6.92 Å². The summed E-state index contributed by atoms with van der Waals surface area (Å²) in [6.45, 7) is 7.01. The SMILES string of the molecule is COC(=O)c1sc(=Nc2ccccc2)n(NC(=O)OC(C)(C)C)c1C. The van der Waals surface area contributed by atoms with E-state index in [4.69, 9.17) is 9.47 Å². The highest BCUT2D eigenvalue weighted by Crippen LogP contribution is 2.15. The average molecular weight is 363 g/mol. The number of hydrogen-bond acceptors (Lipinski definition) is 6. The zero-order valence-corrected chi connectivity index (χ0v) is 15.6. The number of aromatic nitrogens is 1. The highest BCUT2D eigenvalue weighted by Gasteiger charge is 2.21. The van der Waals surface area contributed by atoms with E-state index in [1.165, 1.54) is 11.8 Å². The molecule has 0 saturated heterocycles. The molecule has 0 spiro atoms. The van der Waals surface area contributed by atoms with Crippen molar-refractivity contribution in [3.8, 4) is 0 Å². The third-order valence-corrected chi connectivity index (χ3v) is 4.12. The minimum absolute atomic E-state index is 0.355. The van der Waals surface area contributed by atoms with Gasteiger partial charge in [0.1, 0.15) is 10.5 Å². The van der Waals surface area contributed by atoms with Crippen LogP contribution in [-0.2, 0) is 9.47 Å². The first-order valence-corrected chi connectivity index (χ1v) is 8.43. The molecule has 134 valence electrons. The van der Waals surface area contributed by atoms with E-state index in [0.717, 1.165) is 11.3 Å². The molecule has 0 unspecified atom stereocenters. The maximum absolute atomic E-state index is 12.1. The maximum atomic E-state index is 12.1. The zero-order chi connectivity index (χ0) is 18.6. The first kappa shape index (κ1) is 18.7. The van der Waals surface area contributed by atoms with Crippen molar-refractivity contribution >= 4 is 29.1 Å². The molecule has 8 heteroatoms.